The van der Waals surface area contributed by atoms with Gasteiger partial charge in [0.15, 0.2) is 26.2 Å². The standard InChI is InChI=1S/C8H14N2O3S.C2F6NO4S2/c1-9-5-6-10(8-9)4-2-3-7-14(11,12)13;3-1(4,5)14(10,11)9-15(12,13)2(6,7)8/h5-6,8H,2-4,7H2,1H3;/q;-1/p+1. The fraction of sp³-hybridized carbons (Fsp3) is 0.700. The SMILES string of the molecule is C[N+]1=C[NH+](CCCCS(=O)(=O)[O-])C=C1.O=S(=O)([N-]S(=O)(=O)C(F)(F)F)C(F)(F)F. The van der Waals surface area contributed by atoms with Gasteiger partial charge in [-0.05, 0) is 12.8 Å². The van der Waals surface area contributed by atoms with Crippen molar-refractivity contribution >= 4 is 36.5 Å². The Kier molecular flexibility index (Phi) is 9.26. The van der Waals surface area contributed by atoms with Gasteiger partial charge in [0.05, 0.1) is 16.7 Å². The molecule has 0 aromatic rings. The fourth-order valence-corrected chi connectivity index (χ4v) is 3.80. The van der Waals surface area contributed by atoms with Gasteiger partial charge in [0, 0.05) is 5.75 Å². The van der Waals surface area contributed by atoms with E-state index in [2.05, 4.69) is 0 Å². The van der Waals surface area contributed by atoms with Crippen molar-refractivity contribution < 1.29 is 65.6 Å². The topological polar surface area (TPSA) is 147 Å². The van der Waals surface area contributed by atoms with Gasteiger partial charge in [-0.15, -0.1) is 0 Å². The molecular weight excluding hydrogens is 484 g/mol. The van der Waals surface area contributed by atoms with E-state index in [1.807, 2.05) is 30.4 Å². The van der Waals surface area contributed by atoms with E-state index in [1.54, 1.807) is 0 Å². The predicted molar refractivity (Wildman–Crippen MR) is 84.3 cm³/mol. The minimum absolute atomic E-state index is 0.250. The Balaban J connectivity index is 0.000000541. The van der Waals surface area contributed by atoms with Gasteiger partial charge in [-0.3, -0.25) is 0 Å². The summed E-state index contributed by atoms with van der Waals surface area (Å²) in [6.45, 7) is 0.830. The molecule has 172 valence electrons. The second-order valence-electron chi connectivity index (χ2n) is 5.32. The normalized spacial score (nSPS) is 18.2. The number of hydrogen-bond acceptors (Lipinski definition) is 7. The summed E-state index contributed by atoms with van der Waals surface area (Å²) in [5.74, 6) is -0.250. The summed E-state index contributed by atoms with van der Waals surface area (Å²) in [6, 6.07) is 0. The molecule has 1 rings (SSSR count). The summed E-state index contributed by atoms with van der Waals surface area (Å²) in [4.78, 5) is 1.18. The second kappa shape index (κ2) is 9.69. The smallest absolute Gasteiger partial charge is 0.480 e. The Bertz CT molecular complexity index is 894. The van der Waals surface area contributed by atoms with Crippen molar-refractivity contribution in [1.29, 1.82) is 0 Å². The van der Waals surface area contributed by atoms with Gasteiger partial charge >= 0.3 is 17.4 Å². The number of nitrogens with one attached hydrogen (secondary N) is 1. The van der Waals surface area contributed by atoms with Crippen LogP contribution in [0.25, 0.3) is 4.13 Å². The molecule has 0 saturated heterocycles. The first-order valence-corrected chi connectivity index (χ1v) is 11.5. The Morgan fingerprint density at radius 2 is 1.38 bits per heavy atom. The molecule has 0 spiro atoms. The van der Waals surface area contributed by atoms with Crippen LogP contribution in [0.1, 0.15) is 12.8 Å². The van der Waals surface area contributed by atoms with Crippen LogP contribution in [0, 0.1) is 0 Å². The zero-order valence-corrected chi connectivity index (χ0v) is 16.8. The highest BCUT2D eigenvalue weighted by Gasteiger charge is 2.46. The zero-order chi connectivity index (χ0) is 23.3. The monoisotopic (exact) mass is 499 g/mol. The van der Waals surface area contributed by atoms with Crippen LogP contribution in [-0.2, 0) is 30.2 Å². The summed E-state index contributed by atoms with van der Waals surface area (Å²) in [5.41, 5.74) is -12.4. The average Bonchev–Trinajstić information content (AvgIpc) is 2.85. The molecule has 0 aromatic carbocycles. The first-order chi connectivity index (χ1) is 12.7. The minimum atomic E-state index is -6.72. The van der Waals surface area contributed by atoms with E-state index < -0.39 is 41.2 Å². The number of hydrogen-bond donors (Lipinski definition) is 1. The zero-order valence-electron chi connectivity index (χ0n) is 14.3. The van der Waals surface area contributed by atoms with Crippen molar-refractivity contribution in [3.63, 3.8) is 0 Å². The maximum absolute atomic E-state index is 11.4. The van der Waals surface area contributed by atoms with Gasteiger partial charge in [-0.1, -0.05) is 0 Å². The van der Waals surface area contributed by atoms with Crippen LogP contribution in [0.15, 0.2) is 12.4 Å². The maximum Gasteiger partial charge on any atom is 0.480 e. The molecule has 1 aliphatic rings. The van der Waals surface area contributed by atoms with Crippen LogP contribution in [-0.4, -0.2) is 71.1 Å². The molecule has 0 aromatic heterocycles. The van der Waals surface area contributed by atoms with Crippen molar-refractivity contribution in [2.75, 3.05) is 19.3 Å². The van der Waals surface area contributed by atoms with Crippen LogP contribution in [0.2, 0.25) is 0 Å². The highest BCUT2D eigenvalue weighted by atomic mass is 32.3. The third-order valence-electron chi connectivity index (χ3n) is 2.78. The van der Waals surface area contributed by atoms with Crippen LogP contribution in [0.3, 0.4) is 0 Å². The summed E-state index contributed by atoms with van der Waals surface area (Å²) in [6.07, 6.45) is 7.11. The third kappa shape index (κ3) is 10.3. The van der Waals surface area contributed by atoms with E-state index in [-0.39, 0.29) is 5.75 Å². The van der Waals surface area contributed by atoms with Crippen LogP contribution in [0.5, 0.6) is 0 Å². The summed E-state index contributed by atoms with van der Waals surface area (Å²) in [5, 5.41) is 0. The van der Waals surface area contributed by atoms with Crippen molar-refractivity contribution in [2.24, 2.45) is 0 Å². The predicted octanol–water partition coefficient (Wildman–Crippen LogP) is -0.589. The molecule has 0 saturated carbocycles. The molecule has 19 heteroatoms. The van der Waals surface area contributed by atoms with Gasteiger partial charge in [0.25, 0.3) is 0 Å². The molecule has 0 bridgehead atoms. The quantitative estimate of drug-likeness (QED) is 0.213. The molecular formula is C10H15F6N3O7S3. The van der Waals surface area contributed by atoms with Crippen molar-refractivity contribution in [1.82, 2.24) is 0 Å². The number of halogens is 6. The number of rotatable bonds is 7. The molecule has 1 N–H and O–H groups in total. The summed E-state index contributed by atoms with van der Waals surface area (Å²) >= 11 is 0. The van der Waals surface area contributed by atoms with Gasteiger partial charge in [0.1, 0.15) is 7.05 Å². The van der Waals surface area contributed by atoms with Crippen LogP contribution >= 0.6 is 0 Å². The molecule has 0 fully saturated rings. The minimum Gasteiger partial charge on any atom is -0.748 e. The fourth-order valence-electron chi connectivity index (χ4n) is 1.53. The average molecular weight is 499 g/mol. The van der Waals surface area contributed by atoms with E-state index in [0.717, 1.165) is 17.1 Å². The van der Waals surface area contributed by atoms with Gasteiger partial charge in [-0.2, -0.15) is 30.9 Å². The Morgan fingerprint density at radius 1 is 0.931 bits per heavy atom. The van der Waals surface area contributed by atoms with E-state index in [4.69, 9.17) is 0 Å². The molecule has 0 amide bonds. The lowest BCUT2D eigenvalue weighted by Crippen LogP contribution is -3.05. The van der Waals surface area contributed by atoms with Crippen LogP contribution < -0.4 is 4.90 Å². The molecule has 1 heterocycles. The van der Waals surface area contributed by atoms with E-state index in [9.17, 15) is 56.1 Å². The molecule has 1 atom stereocenters. The lowest BCUT2D eigenvalue weighted by molar-refractivity contribution is -0.748. The largest absolute Gasteiger partial charge is 0.748 e. The molecule has 0 radical (unpaired) electrons. The number of sulfonamides is 2. The molecule has 1 aliphatic heterocycles. The number of quaternary nitrogens is 1. The summed E-state index contributed by atoms with van der Waals surface area (Å²) < 4.78 is 142. The summed E-state index contributed by atoms with van der Waals surface area (Å²) in [7, 11) is -15.5. The first kappa shape index (κ1) is 27.7. The maximum atomic E-state index is 11.4. The Morgan fingerprint density at radius 3 is 1.69 bits per heavy atom. The molecule has 1 unspecified atom stereocenters. The Labute approximate surface area is 162 Å². The third-order valence-corrected chi connectivity index (χ3v) is 6.31. The second-order valence-corrected chi connectivity index (χ2v) is 10.3. The van der Waals surface area contributed by atoms with E-state index in [0.29, 0.717) is 6.42 Å². The molecule has 0 aliphatic carbocycles. The lowest BCUT2D eigenvalue weighted by atomic mass is 10.3. The van der Waals surface area contributed by atoms with Crippen molar-refractivity contribution in [2.45, 2.75) is 23.9 Å². The lowest BCUT2D eigenvalue weighted by Gasteiger charge is -2.22. The van der Waals surface area contributed by atoms with Crippen molar-refractivity contribution in [3.05, 3.63) is 16.5 Å². The van der Waals surface area contributed by atoms with E-state index in [1.165, 1.54) is 4.90 Å². The first-order valence-electron chi connectivity index (χ1n) is 7.09. The number of nitrogens with zero attached hydrogens (tertiary/aromatic N) is 2. The Hall–Kier alpha value is -1.28. The number of unbranched alkanes of at least 4 members (excludes halogenated alkanes) is 1. The highest BCUT2D eigenvalue weighted by molar-refractivity contribution is 8.13. The van der Waals surface area contributed by atoms with E-state index >= 15 is 0 Å². The number of alkyl halides is 6. The van der Waals surface area contributed by atoms with Crippen LogP contribution in [0.4, 0.5) is 26.3 Å². The van der Waals surface area contributed by atoms with Crippen molar-refractivity contribution in [3.8, 4) is 0 Å². The van der Waals surface area contributed by atoms with Gasteiger partial charge in [0.2, 0.25) is 6.20 Å². The van der Waals surface area contributed by atoms with Gasteiger partial charge < -0.3 is 8.68 Å². The molecule has 29 heavy (non-hydrogen) atoms. The van der Waals surface area contributed by atoms with Gasteiger partial charge in [-0.25, -0.2) is 30.2 Å². The highest BCUT2D eigenvalue weighted by Crippen LogP contribution is 2.36. The molecule has 10 nitrogen and oxygen atoms in total.